The Labute approximate surface area is 107 Å². The molecule has 0 saturated heterocycles. The lowest BCUT2D eigenvalue weighted by Crippen LogP contribution is -2.04. The van der Waals surface area contributed by atoms with E-state index in [1.165, 1.54) is 12.1 Å². The highest BCUT2D eigenvalue weighted by molar-refractivity contribution is 7.71. The Kier molecular flexibility index (Phi) is 3.21. The highest BCUT2D eigenvalue weighted by Gasteiger charge is 2.29. The smallest absolute Gasteiger partial charge is 0.343 e. The lowest BCUT2D eigenvalue weighted by atomic mass is 10.1. The zero-order valence-electron chi connectivity index (χ0n) is 9.38. The van der Waals surface area contributed by atoms with E-state index in [0.29, 0.717) is 16.0 Å². The van der Waals surface area contributed by atoms with Crippen LogP contribution < -0.4 is 0 Å². The summed E-state index contributed by atoms with van der Waals surface area (Å²) in [6.07, 6.45) is -4.33. The van der Waals surface area contributed by atoms with Crippen molar-refractivity contribution in [2.45, 2.75) is 13.1 Å². The van der Waals surface area contributed by atoms with Gasteiger partial charge in [-0.3, -0.25) is 0 Å². The molecule has 0 radical (unpaired) electrons. The van der Waals surface area contributed by atoms with Gasteiger partial charge in [0.25, 0.3) is 0 Å². The van der Waals surface area contributed by atoms with E-state index in [-0.39, 0.29) is 0 Å². The fourth-order valence-corrected chi connectivity index (χ4v) is 1.80. The number of halogens is 3. The third-order valence-corrected chi connectivity index (χ3v) is 2.57. The third-order valence-electron chi connectivity index (χ3n) is 2.36. The number of H-pyrrole nitrogens is 1. The molecule has 94 valence electrons. The summed E-state index contributed by atoms with van der Waals surface area (Å²) in [4.78, 5) is 7.04. The van der Waals surface area contributed by atoms with Crippen molar-refractivity contribution in [2.75, 3.05) is 0 Å². The van der Waals surface area contributed by atoms with E-state index in [4.69, 9.17) is 12.2 Å². The number of aryl methyl sites for hydroxylation is 1. The van der Waals surface area contributed by atoms with E-state index >= 15 is 0 Å². The average molecular weight is 270 g/mol. The van der Waals surface area contributed by atoms with Crippen molar-refractivity contribution in [1.82, 2.24) is 9.97 Å². The molecule has 1 heterocycles. The maximum absolute atomic E-state index is 12.4. The summed E-state index contributed by atoms with van der Waals surface area (Å²) in [7, 11) is 0. The number of nitrogens with zero attached hydrogens (tertiary/aromatic N) is 1. The van der Waals surface area contributed by atoms with Crippen molar-refractivity contribution in [1.29, 1.82) is 0 Å². The quantitative estimate of drug-likeness (QED) is 0.789. The standard InChI is InChI=1S/C12H9F3N2S/c1-7-6-10(18)17-11(16-7)8-2-4-9(5-3-8)12(13,14)15/h2-6H,1H3,(H,16,17,18). The van der Waals surface area contributed by atoms with Gasteiger partial charge in [-0.2, -0.15) is 13.2 Å². The van der Waals surface area contributed by atoms with Gasteiger partial charge in [0, 0.05) is 11.3 Å². The summed E-state index contributed by atoms with van der Waals surface area (Å²) >= 11 is 4.96. The topological polar surface area (TPSA) is 28.7 Å². The van der Waals surface area contributed by atoms with Gasteiger partial charge in [-0.05, 0) is 25.1 Å². The van der Waals surface area contributed by atoms with Crippen LogP contribution >= 0.6 is 12.2 Å². The van der Waals surface area contributed by atoms with Crippen molar-refractivity contribution in [3.05, 3.63) is 46.2 Å². The van der Waals surface area contributed by atoms with Crippen LogP contribution in [0.4, 0.5) is 13.2 Å². The van der Waals surface area contributed by atoms with Crippen LogP contribution in [-0.2, 0) is 6.18 Å². The molecule has 2 aromatic rings. The summed E-state index contributed by atoms with van der Waals surface area (Å²) in [5, 5.41) is 0. The van der Waals surface area contributed by atoms with Crippen molar-refractivity contribution in [3.63, 3.8) is 0 Å². The van der Waals surface area contributed by atoms with Crippen molar-refractivity contribution >= 4 is 12.2 Å². The van der Waals surface area contributed by atoms with E-state index in [1.54, 1.807) is 6.07 Å². The van der Waals surface area contributed by atoms with Crippen LogP contribution in [0.25, 0.3) is 11.4 Å². The largest absolute Gasteiger partial charge is 0.416 e. The molecular weight excluding hydrogens is 261 g/mol. The summed E-state index contributed by atoms with van der Waals surface area (Å²) in [5.74, 6) is 0.466. The lowest BCUT2D eigenvalue weighted by Gasteiger charge is -2.07. The molecule has 6 heteroatoms. The Morgan fingerprint density at radius 3 is 2.28 bits per heavy atom. The van der Waals surface area contributed by atoms with E-state index in [2.05, 4.69) is 9.97 Å². The maximum atomic E-state index is 12.4. The van der Waals surface area contributed by atoms with Crippen LogP contribution in [0.3, 0.4) is 0 Å². The number of rotatable bonds is 1. The number of alkyl halides is 3. The first-order valence-electron chi connectivity index (χ1n) is 5.12. The molecule has 0 amide bonds. The predicted octanol–water partition coefficient (Wildman–Crippen LogP) is 4.13. The minimum atomic E-state index is -4.33. The van der Waals surface area contributed by atoms with Crippen LogP contribution in [0.1, 0.15) is 11.3 Å². The van der Waals surface area contributed by atoms with Crippen LogP contribution in [-0.4, -0.2) is 9.97 Å². The Morgan fingerprint density at radius 1 is 1.17 bits per heavy atom. The third kappa shape index (κ3) is 2.76. The van der Waals surface area contributed by atoms with Crippen molar-refractivity contribution in [3.8, 4) is 11.4 Å². The first-order valence-corrected chi connectivity index (χ1v) is 5.53. The predicted molar refractivity (Wildman–Crippen MR) is 64.6 cm³/mol. The van der Waals surface area contributed by atoms with Gasteiger partial charge in [0.1, 0.15) is 10.5 Å². The van der Waals surface area contributed by atoms with Gasteiger partial charge < -0.3 is 4.98 Å². The van der Waals surface area contributed by atoms with Gasteiger partial charge in [-0.1, -0.05) is 24.4 Å². The Morgan fingerprint density at radius 2 is 1.78 bits per heavy atom. The lowest BCUT2D eigenvalue weighted by molar-refractivity contribution is -0.137. The zero-order valence-corrected chi connectivity index (χ0v) is 10.2. The molecule has 0 aliphatic heterocycles. The molecule has 1 aromatic heterocycles. The number of benzene rings is 1. The number of aromatic amines is 1. The van der Waals surface area contributed by atoms with Crippen LogP contribution in [0.2, 0.25) is 0 Å². The molecule has 0 aliphatic carbocycles. The normalized spacial score (nSPS) is 11.6. The number of hydrogen-bond acceptors (Lipinski definition) is 2. The molecule has 2 rings (SSSR count). The fraction of sp³-hybridized carbons (Fsp3) is 0.167. The highest BCUT2D eigenvalue weighted by Crippen LogP contribution is 2.30. The summed E-state index contributed by atoms with van der Waals surface area (Å²) in [6, 6.07) is 6.47. The molecule has 18 heavy (non-hydrogen) atoms. The van der Waals surface area contributed by atoms with Gasteiger partial charge in [-0.15, -0.1) is 0 Å². The highest BCUT2D eigenvalue weighted by atomic mass is 32.1. The molecule has 1 N–H and O–H groups in total. The molecule has 0 unspecified atom stereocenters. The van der Waals surface area contributed by atoms with Crippen LogP contribution in [0.5, 0.6) is 0 Å². The minimum Gasteiger partial charge on any atom is -0.343 e. The zero-order chi connectivity index (χ0) is 13.3. The molecule has 1 aromatic carbocycles. The van der Waals surface area contributed by atoms with Gasteiger partial charge in [0.2, 0.25) is 0 Å². The monoisotopic (exact) mass is 270 g/mol. The molecule has 0 aliphatic rings. The Hall–Kier alpha value is -1.69. The van der Waals surface area contributed by atoms with Gasteiger partial charge in [0.05, 0.1) is 5.56 Å². The molecule has 0 fully saturated rings. The Balaban J connectivity index is 2.43. The average Bonchev–Trinajstić information content (AvgIpc) is 2.27. The molecule has 0 saturated carbocycles. The van der Waals surface area contributed by atoms with E-state index in [0.717, 1.165) is 17.8 Å². The molecule has 2 nitrogen and oxygen atoms in total. The van der Waals surface area contributed by atoms with Gasteiger partial charge in [-0.25, -0.2) is 4.98 Å². The fourth-order valence-electron chi connectivity index (χ4n) is 1.53. The van der Waals surface area contributed by atoms with Gasteiger partial charge in [0.15, 0.2) is 0 Å². The van der Waals surface area contributed by atoms with Gasteiger partial charge >= 0.3 is 6.18 Å². The molecule has 0 atom stereocenters. The SMILES string of the molecule is Cc1cc(=S)nc(-c2ccc(C(F)(F)F)cc2)[nH]1. The van der Waals surface area contributed by atoms with Crippen LogP contribution in [0.15, 0.2) is 30.3 Å². The minimum absolute atomic E-state index is 0.404. The second-order valence-electron chi connectivity index (χ2n) is 3.83. The molecule has 0 spiro atoms. The van der Waals surface area contributed by atoms with E-state index < -0.39 is 11.7 Å². The first-order chi connectivity index (χ1) is 8.36. The van der Waals surface area contributed by atoms with E-state index in [9.17, 15) is 13.2 Å². The summed E-state index contributed by atoms with van der Waals surface area (Å²) in [6.45, 7) is 1.81. The molecule has 0 bridgehead atoms. The molecular formula is C12H9F3N2S. The summed E-state index contributed by atoms with van der Waals surface area (Å²) in [5.41, 5.74) is 0.695. The van der Waals surface area contributed by atoms with Crippen LogP contribution in [0, 0.1) is 11.6 Å². The first kappa shape index (κ1) is 12.8. The van der Waals surface area contributed by atoms with Crippen molar-refractivity contribution < 1.29 is 13.2 Å². The maximum Gasteiger partial charge on any atom is 0.416 e. The summed E-state index contributed by atoms with van der Waals surface area (Å²) < 4.78 is 37.6. The Bertz CT molecular complexity index is 614. The van der Waals surface area contributed by atoms with E-state index in [1.807, 2.05) is 6.92 Å². The second-order valence-corrected chi connectivity index (χ2v) is 4.24. The second kappa shape index (κ2) is 4.53. The van der Waals surface area contributed by atoms with Crippen molar-refractivity contribution in [2.24, 2.45) is 0 Å². The number of nitrogens with one attached hydrogen (secondary N) is 1. The number of aromatic nitrogens is 2. The number of hydrogen-bond donors (Lipinski definition) is 1.